The molecule has 0 aliphatic carbocycles. The zero-order valence-electron chi connectivity index (χ0n) is 13.1. The quantitative estimate of drug-likeness (QED) is 0.871. The molecule has 2 rings (SSSR count). The number of ether oxygens (including phenoxy) is 2. The van der Waals surface area contributed by atoms with Crippen molar-refractivity contribution in [1.29, 1.82) is 0 Å². The summed E-state index contributed by atoms with van der Waals surface area (Å²) in [6.07, 6.45) is 2.06. The van der Waals surface area contributed by atoms with E-state index in [4.69, 9.17) is 15.2 Å². The van der Waals surface area contributed by atoms with E-state index in [1.54, 1.807) is 0 Å². The molecule has 0 aromatic heterocycles. The molecule has 0 bridgehead atoms. The third kappa shape index (κ3) is 5.16. The van der Waals surface area contributed by atoms with Crippen LogP contribution in [-0.4, -0.2) is 31.8 Å². The summed E-state index contributed by atoms with van der Waals surface area (Å²) < 4.78 is 11.3. The van der Waals surface area contributed by atoms with Crippen molar-refractivity contribution in [1.82, 2.24) is 0 Å². The van der Waals surface area contributed by atoms with E-state index in [0.717, 1.165) is 43.1 Å². The summed E-state index contributed by atoms with van der Waals surface area (Å²) >= 11 is 0. The minimum Gasteiger partial charge on any atom is -0.490 e. The van der Waals surface area contributed by atoms with Crippen molar-refractivity contribution in [2.75, 3.05) is 25.1 Å². The molecule has 1 aliphatic rings. The number of benzene rings is 1. The maximum atomic E-state index is 11.8. The highest BCUT2D eigenvalue weighted by Gasteiger charge is 2.16. The van der Waals surface area contributed by atoms with Gasteiger partial charge in [0.15, 0.2) is 0 Å². The lowest BCUT2D eigenvalue weighted by atomic mass is 10.1. The summed E-state index contributed by atoms with van der Waals surface area (Å²) in [6.45, 7) is 5.65. The van der Waals surface area contributed by atoms with Crippen LogP contribution in [0.1, 0.15) is 25.3 Å². The molecule has 1 heterocycles. The number of amides is 1. The minimum atomic E-state index is -0.191. The highest BCUT2D eigenvalue weighted by Crippen LogP contribution is 2.25. The largest absolute Gasteiger partial charge is 0.490 e. The molecule has 0 saturated carbocycles. The molecule has 124 valence electrons. The Kier molecular flexibility index (Phi) is 7.65. The van der Waals surface area contributed by atoms with Crippen LogP contribution >= 0.6 is 12.4 Å². The van der Waals surface area contributed by atoms with Crippen molar-refractivity contribution in [3.8, 4) is 5.75 Å². The Morgan fingerprint density at radius 1 is 1.45 bits per heavy atom. The number of hydrogen-bond donors (Lipinski definition) is 2. The van der Waals surface area contributed by atoms with Gasteiger partial charge in [-0.25, -0.2) is 0 Å². The molecule has 1 aromatic carbocycles. The average molecular weight is 329 g/mol. The van der Waals surface area contributed by atoms with Crippen molar-refractivity contribution in [3.05, 3.63) is 23.8 Å². The molecule has 3 N–H and O–H groups in total. The zero-order chi connectivity index (χ0) is 15.2. The molecule has 1 aliphatic heterocycles. The van der Waals surface area contributed by atoms with E-state index >= 15 is 0 Å². The van der Waals surface area contributed by atoms with Gasteiger partial charge in [-0.15, -0.1) is 12.4 Å². The molecule has 0 spiro atoms. The zero-order valence-corrected chi connectivity index (χ0v) is 13.9. The van der Waals surface area contributed by atoms with Gasteiger partial charge in [-0.2, -0.15) is 0 Å². The highest BCUT2D eigenvalue weighted by atomic mass is 35.5. The van der Waals surface area contributed by atoms with Gasteiger partial charge >= 0.3 is 0 Å². The van der Waals surface area contributed by atoms with Crippen LogP contribution in [0, 0.1) is 12.8 Å². The number of aryl methyl sites for hydroxylation is 1. The van der Waals surface area contributed by atoms with Gasteiger partial charge in [0.25, 0.3) is 0 Å². The summed E-state index contributed by atoms with van der Waals surface area (Å²) in [5.74, 6) is 0.616. The first kappa shape index (κ1) is 18.7. The van der Waals surface area contributed by atoms with Crippen LogP contribution in [0.15, 0.2) is 18.2 Å². The first-order valence-electron chi connectivity index (χ1n) is 7.46. The van der Waals surface area contributed by atoms with E-state index in [9.17, 15) is 4.79 Å². The third-order valence-electron chi connectivity index (χ3n) is 3.71. The minimum absolute atomic E-state index is 0. The van der Waals surface area contributed by atoms with Gasteiger partial charge in [-0.3, -0.25) is 4.79 Å². The molecule has 1 amide bonds. The van der Waals surface area contributed by atoms with E-state index in [-0.39, 0.29) is 30.3 Å². The second kappa shape index (κ2) is 8.98. The maximum absolute atomic E-state index is 11.8. The van der Waals surface area contributed by atoms with Crippen LogP contribution in [0.5, 0.6) is 5.75 Å². The summed E-state index contributed by atoms with van der Waals surface area (Å²) in [6, 6.07) is 5.70. The number of nitrogens with two attached hydrogens (primary N) is 1. The molecule has 1 atom stereocenters. The Bertz CT molecular complexity index is 490. The Labute approximate surface area is 138 Å². The number of halogens is 1. The van der Waals surface area contributed by atoms with Crippen LogP contribution in [0.2, 0.25) is 0 Å². The second-order valence-corrected chi connectivity index (χ2v) is 5.54. The van der Waals surface area contributed by atoms with Crippen molar-refractivity contribution in [2.24, 2.45) is 11.7 Å². The number of anilines is 1. The predicted molar refractivity (Wildman–Crippen MR) is 89.7 cm³/mol. The fraction of sp³-hybridized carbons (Fsp3) is 0.562. The number of rotatable bonds is 5. The van der Waals surface area contributed by atoms with Crippen LogP contribution in [-0.2, 0) is 9.53 Å². The fourth-order valence-corrected chi connectivity index (χ4v) is 2.21. The maximum Gasteiger partial charge on any atom is 0.228 e. The Morgan fingerprint density at radius 3 is 2.73 bits per heavy atom. The van der Waals surface area contributed by atoms with Crippen LogP contribution in [0.4, 0.5) is 5.69 Å². The smallest absolute Gasteiger partial charge is 0.228 e. The van der Waals surface area contributed by atoms with Gasteiger partial charge in [-0.05, 0) is 30.7 Å². The van der Waals surface area contributed by atoms with Gasteiger partial charge in [0.1, 0.15) is 11.9 Å². The standard InChI is InChI=1S/C16H24N2O3.ClH/c1-11-9-13(18-16(19)12(2)10-17)3-4-15(11)21-14-5-7-20-8-6-14;/h3-4,9,12,14H,5-8,10,17H2,1-2H3,(H,18,19);1H. The van der Waals surface area contributed by atoms with Crippen molar-refractivity contribution in [2.45, 2.75) is 32.8 Å². The van der Waals surface area contributed by atoms with Gasteiger partial charge in [0.2, 0.25) is 5.91 Å². The molecule has 1 unspecified atom stereocenters. The Balaban J connectivity index is 0.00000242. The predicted octanol–water partition coefficient (Wildman–Crippen LogP) is 2.51. The molecule has 0 radical (unpaired) electrons. The van der Waals surface area contributed by atoms with Gasteiger partial charge in [0.05, 0.1) is 13.2 Å². The number of nitrogens with one attached hydrogen (secondary N) is 1. The molecule has 6 heteroatoms. The van der Waals surface area contributed by atoms with Gasteiger partial charge in [-0.1, -0.05) is 6.92 Å². The van der Waals surface area contributed by atoms with Crippen LogP contribution in [0.25, 0.3) is 0 Å². The third-order valence-corrected chi connectivity index (χ3v) is 3.71. The molecule has 1 saturated heterocycles. The fourth-order valence-electron chi connectivity index (χ4n) is 2.21. The topological polar surface area (TPSA) is 73.6 Å². The SMILES string of the molecule is Cc1cc(NC(=O)C(C)CN)ccc1OC1CCOCC1.Cl. The first-order valence-corrected chi connectivity index (χ1v) is 7.46. The summed E-state index contributed by atoms with van der Waals surface area (Å²) in [7, 11) is 0. The Morgan fingerprint density at radius 2 is 2.14 bits per heavy atom. The van der Waals surface area contributed by atoms with Gasteiger partial charge < -0.3 is 20.5 Å². The Hall–Kier alpha value is -1.30. The lowest BCUT2D eigenvalue weighted by molar-refractivity contribution is -0.119. The van der Waals surface area contributed by atoms with E-state index < -0.39 is 0 Å². The van der Waals surface area contributed by atoms with Crippen molar-refractivity contribution in [3.63, 3.8) is 0 Å². The lowest BCUT2D eigenvalue weighted by Crippen LogP contribution is -2.27. The molecule has 1 aromatic rings. The van der Waals surface area contributed by atoms with E-state index in [2.05, 4.69) is 5.32 Å². The molecule has 5 nitrogen and oxygen atoms in total. The number of carbonyl (C=O) groups is 1. The first-order chi connectivity index (χ1) is 10.1. The monoisotopic (exact) mass is 328 g/mol. The number of carbonyl (C=O) groups excluding carboxylic acids is 1. The summed E-state index contributed by atoms with van der Waals surface area (Å²) in [5.41, 5.74) is 7.28. The summed E-state index contributed by atoms with van der Waals surface area (Å²) in [5, 5.41) is 2.87. The average Bonchev–Trinajstić information content (AvgIpc) is 2.50. The van der Waals surface area contributed by atoms with E-state index in [1.807, 2.05) is 32.0 Å². The highest BCUT2D eigenvalue weighted by molar-refractivity contribution is 5.92. The normalized spacial score (nSPS) is 16.5. The summed E-state index contributed by atoms with van der Waals surface area (Å²) in [4.78, 5) is 11.8. The van der Waals surface area contributed by atoms with Gasteiger partial charge in [0, 0.05) is 31.0 Å². The van der Waals surface area contributed by atoms with E-state index in [1.165, 1.54) is 0 Å². The lowest BCUT2D eigenvalue weighted by Gasteiger charge is -2.24. The molecular formula is C16H25ClN2O3. The van der Waals surface area contributed by atoms with Crippen LogP contribution in [0.3, 0.4) is 0 Å². The molecule has 1 fully saturated rings. The van der Waals surface area contributed by atoms with E-state index in [0.29, 0.717) is 6.54 Å². The van der Waals surface area contributed by atoms with Crippen LogP contribution < -0.4 is 15.8 Å². The second-order valence-electron chi connectivity index (χ2n) is 5.54. The molecule has 22 heavy (non-hydrogen) atoms. The molecular weight excluding hydrogens is 304 g/mol. The number of hydrogen-bond acceptors (Lipinski definition) is 4. The van der Waals surface area contributed by atoms with Crippen molar-refractivity contribution >= 4 is 24.0 Å². The van der Waals surface area contributed by atoms with Crippen molar-refractivity contribution < 1.29 is 14.3 Å².